The second-order valence-corrected chi connectivity index (χ2v) is 2.80. The molecule has 0 aliphatic heterocycles. The van der Waals surface area contributed by atoms with E-state index in [1.54, 1.807) is 6.92 Å². The summed E-state index contributed by atoms with van der Waals surface area (Å²) in [7, 11) is 1.53. The molecular formula is C8H17N3O2. The second-order valence-electron chi connectivity index (χ2n) is 2.80. The van der Waals surface area contributed by atoms with Gasteiger partial charge in [-0.25, -0.2) is 0 Å². The quantitative estimate of drug-likeness (QED) is 0.515. The van der Waals surface area contributed by atoms with Gasteiger partial charge in [-0.15, -0.1) is 0 Å². The van der Waals surface area contributed by atoms with Crippen LogP contribution >= 0.6 is 0 Å². The smallest absolute Gasteiger partial charge is 0.242 e. The Balaban J connectivity index is 3.71. The van der Waals surface area contributed by atoms with Crippen LogP contribution in [-0.4, -0.2) is 31.4 Å². The molecule has 0 aromatic carbocycles. The Morgan fingerprint density at radius 1 is 1.46 bits per heavy atom. The van der Waals surface area contributed by atoms with Crippen LogP contribution < -0.4 is 16.4 Å². The van der Waals surface area contributed by atoms with Crippen LogP contribution in [0, 0.1) is 0 Å². The van der Waals surface area contributed by atoms with E-state index in [2.05, 4.69) is 10.6 Å². The third-order valence-electron chi connectivity index (χ3n) is 1.63. The fourth-order valence-electron chi connectivity index (χ4n) is 0.858. The zero-order valence-corrected chi connectivity index (χ0v) is 8.09. The van der Waals surface area contributed by atoms with Crippen molar-refractivity contribution in [3.05, 3.63) is 0 Å². The Morgan fingerprint density at radius 3 is 2.54 bits per heavy atom. The summed E-state index contributed by atoms with van der Waals surface area (Å²) >= 11 is 0. The number of rotatable bonds is 5. The molecule has 0 saturated carbocycles. The van der Waals surface area contributed by atoms with E-state index in [1.165, 1.54) is 7.05 Å². The van der Waals surface area contributed by atoms with E-state index in [0.29, 0.717) is 19.4 Å². The topological polar surface area (TPSA) is 84.2 Å². The predicted octanol–water partition coefficient (Wildman–Crippen LogP) is -1.02. The van der Waals surface area contributed by atoms with Gasteiger partial charge in [0.2, 0.25) is 11.8 Å². The van der Waals surface area contributed by atoms with Gasteiger partial charge in [0, 0.05) is 13.5 Å². The van der Waals surface area contributed by atoms with Crippen LogP contribution in [0.3, 0.4) is 0 Å². The number of amides is 2. The minimum absolute atomic E-state index is 0.137. The first-order valence-electron chi connectivity index (χ1n) is 4.32. The molecule has 2 amide bonds. The molecule has 5 nitrogen and oxygen atoms in total. The summed E-state index contributed by atoms with van der Waals surface area (Å²) in [6, 6.07) is -0.477. The fourth-order valence-corrected chi connectivity index (χ4v) is 0.858. The molecule has 0 aromatic heterocycles. The Kier molecular flexibility index (Phi) is 5.88. The molecule has 0 bridgehead atoms. The zero-order valence-electron chi connectivity index (χ0n) is 8.09. The van der Waals surface area contributed by atoms with Crippen LogP contribution in [-0.2, 0) is 9.59 Å². The summed E-state index contributed by atoms with van der Waals surface area (Å²) in [6.45, 7) is 2.13. The van der Waals surface area contributed by atoms with Gasteiger partial charge in [-0.3, -0.25) is 9.59 Å². The Labute approximate surface area is 78.1 Å². The van der Waals surface area contributed by atoms with Crippen molar-refractivity contribution in [2.75, 3.05) is 13.6 Å². The van der Waals surface area contributed by atoms with Gasteiger partial charge in [0.25, 0.3) is 0 Å². The van der Waals surface area contributed by atoms with Gasteiger partial charge in [-0.2, -0.15) is 0 Å². The van der Waals surface area contributed by atoms with E-state index in [1.807, 2.05) is 0 Å². The SMILES string of the molecule is CNC(=O)C(C)NC(=O)CCCN. The van der Waals surface area contributed by atoms with Gasteiger partial charge >= 0.3 is 0 Å². The van der Waals surface area contributed by atoms with Crippen LogP contribution in [0.15, 0.2) is 0 Å². The van der Waals surface area contributed by atoms with Crippen molar-refractivity contribution in [2.24, 2.45) is 5.73 Å². The Bertz CT molecular complexity index is 182. The summed E-state index contributed by atoms with van der Waals surface area (Å²) in [4.78, 5) is 22.1. The van der Waals surface area contributed by atoms with Crippen molar-refractivity contribution in [1.29, 1.82) is 0 Å². The van der Waals surface area contributed by atoms with E-state index >= 15 is 0 Å². The molecule has 76 valence electrons. The lowest BCUT2D eigenvalue weighted by molar-refractivity contribution is -0.128. The van der Waals surface area contributed by atoms with Crippen LogP contribution in [0.4, 0.5) is 0 Å². The molecule has 0 aliphatic rings. The first-order valence-corrected chi connectivity index (χ1v) is 4.32. The van der Waals surface area contributed by atoms with Crippen LogP contribution in [0.2, 0.25) is 0 Å². The lowest BCUT2D eigenvalue weighted by Gasteiger charge is -2.11. The maximum atomic E-state index is 11.1. The molecule has 0 radical (unpaired) electrons. The van der Waals surface area contributed by atoms with E-state index in [-0.39, 0.29) is 11.8 Å². The Hall–Kier alpha value is -1.10. The third kappa shape index (κ3) is 5.19. The number of carbonyl (C=O) groups is 2. The summed E-state index contributed by atoms with van der Waals surface area (Å²) in [6.07, 6.45) is 1.02. The van der Waals surface area contributed by atoms with Gasteiger partial charge in [0.05, 0.1) is 0 Å². The van der Waals surface area contributed by atoms with Gasteiger partial charge < -0.3 is 16.4 Å². The highest BCUT2D eigenvalue weighted by Gasteiger charge is 2.12. The number of likely N-dealkylation sites (N-methyl/N-ethyl adjacent to an activating group) is 1. The zero-order chi connectivity index (χ0) is 10.3. The molecule has 0 heterocycles. The third-order valence-corrected chi connectivity index (χ3v) is 1.63. The second kappa shape index (κ2) is 6.42. The lowest BCUT2D eigenvalue weighted by atomic mass is 10.2. The van der Waals surface area contributed by atoms with Crippen molar-refractivity contribution < 1.29 is 9.59 Å². The molecule has 1 unspecified atom stereocenters. The van der Waals surface area contributed by atoms with Crippen molar-refractivity contribution in [2.45, 2.75) is 25.8 Å². The van der Waals surface area contributed by atoms with E-state index in [9.17, 15) is 9.59 Å². The standard InChI is InChI=1S/C8H17N3O2/c1-6(8(13)10-2)11-7(12)4-3-5-9/h6H,3-5,9H2,1-2H3,(H,10,13)(H,11,12). The summed E-state index contributed by atoms with van der Waals surface area (Å²) in [5.41, 5.74) is 5.23. The first kappa shape index (κ1) is 11.9. The largest absolute Gasteiger partial charge is 0.357 e. The van der Waals surface area contributed by atoms with Crippen molar-refractivity contribution in [3.8, 4) is 0 Å². The van der Waals surface area contributed by atoms with Crippen LogP contribution in [0.25, 0.3) is 0 Å². The highest BCUT2D eigenvalue weighted by atomic mass is 16.2. The van der Waals surface area contributed by atoms with Gasteiger partial charge in [-0.05, 0) is 19.9 Å². The minimum Gasteiger partial charge on any atom is -0.357 e. The molecule has 0 aromatic rings. The number of nitrogens with one attached hydrogen (secondary N) is 2. The van der Waals surface area contributed by atoms with Crippen molar-refractivity contribution >= 4 is 11.8 Å². The van der Waals surface area contributed by atoms with Crippen LogP contribution in [0.1, 0.15) is 19.8 Å². The van der Waals surface area contributed by atoms with Crippen molar-refractivity contribution in [1.82, 2.24) is 10.6 Å². The maximum Gasteiger partial charge on any atom is 0.242 e. The average Bonchev–Trinajstić information content (AvgIpc) is 2.13. The number of nitrogens with two attached hydrogens (primary N) is 1. The molecular weight excluding hydrogens is 170 g/mol. The number of hydrogen-bond acceptors (Lipinski definition) is 3. The van der Waals surface area contributed by atoms with E-state index in [0.717, 1.165) is 0 Å². The average molecular weight is 187 g/mol. The van der Waals surface area contributed by atoms with Crippen LogP contribution in [0.5, 0.6) is 0 Å². The highest BCUT2D eigenvalue weighted by molar-refractivity contribution is 5.86. The van der Waals surface area contributed by atoms with Gasteiger partial charge in [0.15, 0.2) is 0 Å². The summed E-state index contributed by atoms with van der Waals surface area (Å²) < 4.78 is 0. The van der Waals surface area contributed by atoms with Crippen molar-refractivity contribution in [3.63, 3.8) is 0 Å². The predicted molar refractivity (Wildman–Crippen MR) is 50.0 cm³/mol. The fraction of sp³-hybridized carbons (Fsp3) is 0.750. The van der Waals surface area contributed by atoms with E-state index in [4.69, 9.17) is 5.73 Å². The lowest BCUT2D eigenvalue weighted by Crippen LogP contribution is -2.43. The summed E-state index contributed by atoms with van der Waals surface area (Å²) in [5.74, 6) is -0.331. The van der Waals surface area contributed by atoms with Gasteiger partial charge in [-0.1, -0.05) is 0 Å². The molecule has 0 aliphatic carbocycles. The van der Waals surface area contributed by atoms with E-state index < -0.39 is 6.04 Å². The molecule has 0 fully saturated rings. The molecule has 0 saturated heterocycles. The molecule has 0 rings (SSSR count). The Morgan fingerprint density at radius 2 is 2.08 bits per heavy atom. The normalized spacial score (nSPS) is 11.9. The number of carbonyl (C=O) groups excluding carboxylic acids is 2. The molecule has 1 atom stereocenters. The molecule has 5 heteroatoms. The monoisotopic (exact) mass is 187 g/mol. The maximum absolute atomic E-state index is 11.1. The highest BCUT2D eigenvalue weighted by Crippen LogP contribution is 1.88. The first-order chi connectivity index (χ1) is 6.11. The molecule has 13 heavy (non-hydrogen) atoms. The summed E-state index contributed by atoms with van der Waals surface area (Å²) in [5, 5.41) is 5.01. The molecule has 0 spiro atoms. The van der Waals surface area contributed by atoms with Gasteiger partial charge in [0.1, 0.15) is 6.04 Å². The number of hydrogen-bond donors (Lipinski definition) is 3. The molecule has 4 N–H and O–H groups in total. The minimum atomic E-state index is -0.477.